The van der Waals surface area contributed by atoms with E-state index in [0.29, 0.717) is 25.7 Å². The highest BCUT2D eigenvalue weighted by Crippen LogP contribution is 2.26. The predicted molar refractivity (Wildman–Crippen MR) is 181 cm³/mol. The van der Waals surface area contributed by atoms with Crippen LogP contribution < -0.4 is 0 Å². The van der Waals surface area contributed by atoms with Gasteiger partial charge in [0.25, 0.3) is 0 Å². The van der Waals surface area contributed by atoms with E-state index in [2.05, 4.69) is 0 Å². The van der Waals surface area contributed by atoms with Crippen molar-refractivity contribution in [2.24, 2.45) is 11.8 Å². The third-order valence-electron chi connectivity index (χ3n) is 8.83. The smallest absolute Gasteiger partial charge is 0.417 e. The number of carbonyl (C=O) groups excluding carboxylic acids is 4. The van der Waals surface area contributed by atoms with Crippen molar-refractivity contribution >= 4 is 24.0 Å². The van der Waals surface area contributed by atoms with E-state index in [4.69, 9.17) is 9.47 Å². The summed E-state index contributed by atoms with van der Waals surface area (Å²) in [5.74, 6) is -2.33. The van der Waals surface area contributed by atoms with Crippen molar-refractivity contribution < 1.29 is 28.7 Å². The molecule has 0 radical (unpaired) electrons. The van der Waals surface area contributed by atoms with E-state index in [1.165, 1.54) is 9.80 Å². The molecule has 2 saturated heterocycles. The minimum atomic E-state index is -0.770. The Morgan fingerprint density at radius 1 is 0.542 bits per heavy atom. The predicted octanol–water partition coefficient (Wildman–Crippen LogP) is 6.44. The van der Waals surface area contributed by atoms with Crippen LogP contribution in [0, 0.1) is 11.8 Å². The first kappa shape index (κ1) is 32.4. The molecule has 0 bridgehead atoms. The molecule has 2 aliphatic heterocycles. The number of hydrogen-bond acceptors (Lipinski definition) is 6. The van der Waals surface area contributed by atoms with Gasteiger partial charge in [-0.15, -0.1) is 0 Å². The number of hydrogen-bond donors (Lipinski definition) is 0. The summed E-state index contributed by atoms with van der Waals surface area (Å²) in [5.41, 5.74) is 3.80. The van der Waals surface area contributed by atoms with Crippen LogP contribution in [0.15, 0.2) is 133 Å². The zero-order valence-electron chi connectivity index (χ0n) is 26.6. The van der Waals surface area contributed by atoms with Crippen molar-refractivity contribution in [2.75, 3.05) is 13.2 Å². The summed E-state index contributed by atoms with van der Waals surface area (Å²) in [6.45, 7) is 0.215. The van der Waals surface area contributed by atoms with Crippen LogP contribution in [0.5, 0.6) is 0 Å². The maximum Gasteiger partial charge on any atom is 0.417 e. The molecule has 244 valence electrons. The molecule has 0 aromatic heterocycles. The fourth-order valence-electron chi connectivity index (χ4n) is 6.37. The van der Waals surface area contributed by atoms with E-state index in [9.17, 15) is 19.2 Å². The quantitative estimate of drug-likeness (QED) is 0.165. The number of rotatable bonds is 12. The fraction of sp³-hybridized carbons (Fsp3) is 0.250. The largest absolute Gasteiger partial charge is 0.447 e. The molecular weight excluding hydrogens is 604 g/mol. The summed E-state index contributed by atoms with van der Waals surface area (Å²) >= 11 is 0. The van der Waals surface area contributed by atoms with E-state index in [0.717, 1.165) is 22.3 Å². The summed E-state index contributed by atoms with van der Waals surface area (Å²) < 4.78 is 10.8. The SMILES string of the molecule is O=C1OCC(Cc2ccccc2)N1C(=O)[C@H](C=C[C@H](Cc1ccccc1)C(=O)N1C(=O)OCC1Cc1ccccc1)Cc1ccccc1. The summed E-state index contributed by atoms with van der Waals surface area (Å²) in [6, 6.07) is 37.6. The average Bonchev–Trinajstić information content (AvgIpc) is 3.67. The standard InChI is InChI=1S/C40H38N2O6/c43-37(41-35(27-47-39(41)45)25-31-17-9-3-10-18-31)33(23-29-13-5-1-6-14-29)21-22-34(24-30-15-7-2-8-16-30)38(44)42-36(28-48-40(42)46)26-32-19-11-4-12-20-32/h1-22,33-36H,23-28H2/t33-,34-,35?,36?/m1/s1. The van der Waals surface area contributed by atoms with Crippen molar-refractivity contribution in [2.45, 2.75) is 37.8 Å². The Labute approximate surface area is 280 Å². The van der Waals surface area contributed by atoms with Crippen molar-refractivity contribution in [3.63, 3.8) is 0 Å². The fourth-order valence-corrected chi connectivity index (χ4v) is 6.37. The minimum absolute atomic E-state index is 0.107. The molecule has 2 fully saturated rings. The maximum atomic E-state index is 14.3. The summed E-state index contributed by atoms with van der Waals surface area (Å²) in [4.78, 5) is 57.0. The lowest BCUT2D eigenvalue weighted by Crippen LogP contribution is -2.44. The van der Waals surface area contributed by atoms with Gasteiger partial charge in [-0.25, -0.2) is 19.4 Å². The summed E-state index contributed by atoms with van der Waals surface area (Å²) in [7, 11) is 0. The van der Waals surface area contributed by atoms with E-state index in [-0.39, 0.29) is 13.2 Å². The van der Waals surface area contributed by atoms with Crippen LogP contribution in [-0.2, 0) is 44.7 Å². The van der Waals surface area contributed by atoms with Gasteiger partial charge in [-0.3, -0.25) is 9.59 Å². The second kappa shape index (κ2) is 15.4. The van der Waals surface area contributed by atoms with Crippen molar-refractivity contribution in [1.29, 1.82) is 0 Å². The molecule has 48 heavy (non-hydrogen) atoms. The Bertz CT molecular complexity index is 1600. The van der Waals surface area contributed by atoms with E-state index < -0.39 is 47.9 Å². The van der Waals surface area contributed by atoms with Crippen LogP contribution in [0.2, 0.25) is 0 Å². The Morgan fingerprint density at radius 3 is 1.19 bits per heavy atom. The third kappa shape index (κ3) is 7.89. The molecule has 0 aliphatic carbocycles. The van der Waals surface area contributed by atoms with Crippen molar-refractivity contribution in [3.8, 4) is 0 Å². The molecule has 2 unspecified atom stereocenters. The Hall–Kier alpha value is -5.50. The monoisotopic (exact) mass is 642 g/mol. The number of benzene rings is 4. The van der Waals surface area contributed by atoms with Crippen molar-refractivity contribution in [1.82, 2.24) is 9.80 Å². The van der Waals surface area contributed by atoms with Gasteiger partial charge in [0, 0.05) is 0 Å². The Morgan fingerprint density at radius 2 is 0.854 bits per heavy atom. The van der Waals surface area contributed by atoms with Gasteiger partial charge >= 0.3 is 12.2 Å². The number of amides is 4. The minimum Gasteiger partial charge on any atom is -0.447 e. The van der Waals surface area contributed by atoms with Gasteiger partial charge in [-0.1, -0.05) is 133 Å². The Balaban J connectivity index is 1.30. The zero-order valence-corrected chi connectivity index (χ0v) is 26.6. The van der Waals surface area contributed by atoms with E-state index in [1.807, 2.05) is 121 Å². The second-order valence-electron chi connectivity index (χ2n) is 12.2. The molecule has 0 saturated carbocycles. The van der Waals surface area contributed by atoms with Gasteiger partial charge < -0.3 is 9.47 Å². The summed E-state index contributed by atoms with van der Waals surface area (Å²) in [5, 5.41) is 0. The highest BCUT2D eigenvalue weighted by atomic mass is 16.6. The lowest BCUT2D eigenvalue weighted by molar-refractivity contribution is -0.133. The molecule has 8 heteroatoms. The highest BCUT2D eigenvalue weighted by Gasteiger charge is 2.42. The molecule has 4 atom stereocenters. The molecular formula is C40H38N2O6. The van der Waals surface area contributed by atoms with E-state index in [1.54, 1.807) is 12.2 Å². The van der Waals surface area contributed by atoms with Crippen LogP contribution in [0.3, 0.4) is 0 Å². The summed E-state index contributed by atoms with van der Waals surface area (Å²) in [6.07, 6.45) is 3.66. The van der Waals surface area contributed by atoms with Crippen LogP contribution in [-0.4, -0.2) is 59.1 Å². The molecule has 2 heterocycles. The van der Waals surface area contributed by atoms with Crippen LogP contribution >= 0.6 is 0 Å². The number of carbonyl (C=O) groups is 4. The average molecular weight is 643 g/mol. The molecule has 2 aliphatic rings. The third-order valence-corrected chi connectivity index (χ3v) is 8.83. The lowest BCUT2D eigenvalue weighted by Gasteiger charge is -2.25. The molecule has 0 N–H and O–H groups in total. The maximum absolute atomic E-state index is 14.3. The lowest BCUT2D eigenvalue weighted by atomic mass is 9.91. The molecule has 4 aromatic carbocycles. The molecule has 4 amide bonds. The van der Waals surface area contributed by atoms with Gasteiger partial charge in [0.15, 0.2) is 0 Å². The molecule has 4 aromatic rings. The van der Waals surface area contributed by atoms with Crippen LogP contribution in [0.25, 0.3) is 0 Å². The number of cyclic esters (lactones) is 2. The first-order valence-corrected chi connectivity index (χ1v) is 16.3. The number of imide groups is 2. The van der Waals surface area contributed by atoms with Gasteiger partial charge in [0.05, 0.1) is 23.9 Å². The first-order chi connectivity index (χ1) is 23.5. The number of ether oxygens (including phenoxy) is 2. The van der Waals surface area contributed by atoms with Crippen LogP contribution in [0.4, 0.5) is 9.59 Å². The topological polar surface area (TPSA) is 93.2 Å². The number of nitrogens with zero attached hydrogens (tertiary/aromatic N) is 2. The molecule has 6 rings (SSSR count). The van der Waals surface area contributed by atoms with Gasteiger partial charge in [-0.2, -0.15) is 0 Å². The first-order valence-electron chi connectivity index (χ1n) is 16.3. The highest BCUT2D eigenvalue weighted by molar-refractivity contribution is 5.97. The normalized spacial score (nSPS) is 18.8. The zero-order chi connectivity index (χ0) is 33.3. The molecule has 8 nitrogen and oxygen atoms in total. The van der Waals surface area contributed by atoms with Gasteiger partial charge in [0.1, 0.15) is 13.2 Å². The van der Waals surface area contributed by atoms with Crippen LogP contribution in [0.1, 0.15) is 22.3 Å². The van der Waals surface area contributed by atoms with Gasteiger partial charge in [-0.05, 0) is 47.9 Å². The van der Waals surface area contributed by atoms with E-state index >= 15 is 0 Å². The van der Waals surface area contributed by atoms with Crippen molar-refractivity contribution in [3.05, 3.63) is 156 Å². The molecule has 0 spiro atoms. The Kier molecular flexibility index (Phi) is 10.4. The second-order valence-corrected chi connectivity index (χ2v) is 12.2. The van der Waals surface area contributed by atoms with Gasteiger partial charge in [0.2, 0.25) is 11.8 Å².